The van der Waals surface area contributed by atoms with Crippen molar-refractivity contribution in [1.29, 1.82) is 0 Å². The SMILES string of the molecule is CCN(CC)C(=O)c1ccc(C2=CC3(CCCN(C(=O)OC(C)(C)C)CC3)Cc3ccccc32)cn1. The number of carbonyl (C=O) groups excluding carboxylic acids is 2. The molecule has 6 nitrogen and oxygen atoms in total. The van der Waals surface area contributed by atoms with Crippen molar-refractivity contribution in [3.05, 3.63) is 71.1 Å². The number of hydrogen-bond acceptors (Lipinski definition) is 4. The number of hydrogen-bond donors (Lipinski definition) is 0. The van der Waals surface area contributed by atoms with Gasteiger partial charge in [-0.15, -0.1) is 0 Å². The number of pyridine rings is 1. The molecule has 1 spiro atoms. The summed E-state index contributed by atoms with van der Waals surface area (Å²) in [6.45, 7) is 12.4. The van der Waals surface area contributed by atoms with E-state index >= 15 is 0 Å². The van der Waals surface area contributed by atoms with Crippen LogP contribution in [0.15, 0.2) is 48.7 Å². The van der Waals surface area contributed by atoms with E-state index in [0.29, 0.717) is 31.9 Å². The summed E-state index contributed by atoms with van der Waals surface area (Å²) in [5, 5.41) is 0. The van der Waals surface area contributed by atoms with E-state index in [4.69, 9.17) is 4.74 Å². The number of benzene rings is 1. The van der Waals surface area contributed by atoms with E-state index in [1.54, 1.807) is 4.90 Å². The number of fused-ring (bicyclic) bond motifs is 1. The van der Waals surface area contributed by atoms with Crippen molar-refractivity contribution in [3.8, 4) is 0 Å². The summed E-state index contributed by atoms with van der Waals surface area (Å²) in [6, 6.07) is 12.4. The first-order valence-electron chi connectivity index (χ1n) is 13.2. The van der Waals surface area contributed by atoms with E-state index in [2.05, 4.69) is 35.3 Å². The van der Waals surface area contributed by atoms with Crippen LogP contribution < -0.4 is 0 Å². The number of aromatic nitrogens is 1. The normalized spacial score (nSPS) is 19.8. The topological polar surface area (TPSA) is 62.7 Å². The molecule has 1 aliphatic heterocycles. The number of carbonyl (C=O) groups is 2. The Labute approximate surface area is 215 Å². The minimum Gasteiger partial charge on any atom is -0.444 e. The van der Waals surface area contributed by atoms with Crippen LogP contribution in [-0.2, 0) is 11.2 Å². The fraction of sp³-hybridized carbons (Fsp3) is 0.500. The lowest BCUT2D eigenvalue weighted by molar-refractivity contribution is 0.0253. The fourth-order valence-corrected chi connectivity index (χ4v) is 5.39. The number of nitrogens with zero attached hydrogens (tertiary/aromatic N) is 3. The molecular formula is C30H39N3O3. The third-order valence-electron chi connectivity index (χ3n) is 7.28. The Morgan fingerprint density at radius 2 is 1.81 bits per heavy atom. The van der Waals surface area contributed by atoms with Gasteiger partial charge in [-0.2, -0.15) is 0 Å². The number of likely N-dealkylation sites (tertiary alicyclic amines) is 1. The maximum atomic E-state index is 12.8. The van der Waals surface area contributed by atoms with E-state index in [1.807, 2.05) is 57.8 Å². The maximum Gasteiger partial charge on any atom is 0.410 e. The number of allylic oxidation sites excluding steroid dienone is 1. The van der Waals surface area contributed by atoms with Crippen LogP contribution in [0.5, 0.6) is 0 Å². The Balaban J connectivity index is 1.63. The smallest absolute Gasteiger partial charge is 0.410 e. The number of rotatable bonds is 4. The minimum absolute atomic E-state index is 0.0316. The Bertz CT molecular complexity index is 1130. The molecule has 2 amide bonds. The number of amides is 2. The molecule has 1 atom stereocenters. The first kappa shape index (κ1) is 25.9. The van der Waals surface area contributed by atoms with Crippen LogP contribution >= 0.6 is 0 Å². The zero-order valence-corrected chi connectivity index (χ0v) is 22.3. The Hall–Kier alpha value is -3.15. The van der Waals surface area contributed by atoms with Crippen molar-refractivity contribution in [2.24, 2.45) is 5.41 Å². The Kier molecular flexibility index (Phi) is 7.53. The molecule has 4 rings (SSSR count). The summed E-state index contributed by atoms with van der Waals surface area (Å²) in [6.07, 6.45) is 7.81. The molecule has 0 N–H and O–H groups in total. The largest absolute Gasteiger partial charge is 0.444 e. The van der Waals surface area contributed by atoms with Gasteiger partial charge in [0.1, 0.15) is 11.3 Å². The Morgan fingerprint density at radius 1 is 1.06 bits per heavy atom. The minimum atomic E-state index is -0.496. The molecule has 1 fully saturated rings. The van der Waals surface area contributed by atoms with Crippen molar-refractivity contribution < 1.29 is 14.3 Å². The molecular weight excluding hydrogens is 450 g/mol. The van der Waals surface area contributed by atoms with Gasteiger partial charge in [0.25, 0.3) is 5.91 Å². The summed E-state index contributed by atoms with van der Waals surface area (Å²) < 4.78 is 5.65. The maximum absolute atomic E-state index is 12.8. The molecule has 36 heavy (non-hydrogen) atoms. The van der Waals surface area contributed by atoms with Crippen molar-refractivity contribution in [1.82, 2.24) is 14.8 Å². The molecule has 2 aromatic rings. The zero-order chi connectivity index (χ0) is 25.9. The van der Waals surface area contributed by atoms with Crippen molar-refractivity contribution in [2.75, 3.05) is 26.2 Å². The fourth-order valence-electron chi connectivity index (χ4n) is 5.39. The average molecular weight is 490 g/mol. The average Bonchev–Trinajstić information content (AvgIpc) is 3.06. The van der Waals surface area contributed by atoms with Crippen LogP contribution in [-0.4, -0.2) is 58.6 Å². The van der Waals surface area contributed by atoms with Crippen LogP contribution in [0.2, 0.25) is 0 Å². The van der Waals surface area contributed by atoms with E-state index in [-0.39, 0.29) is 17.4 Å². The lowest BCUT2D eigenvalue weighted by Crippen LogP contribution is -2.38. The number of ether oxygens (including phenoxy) is 1. The van der Waals surface area contributed by atoms with Gasteiger partial charge in [-0.05, 0) is 88.5 Å². The predicted octanol–water partition coefficient (Wildman–Crippen LogP) is 5.96. The molecule has 0 saturated carbocycles. The van der Waals surface area contributed by atoms with E-state index < -0.39 is 5.60 Å². The summed E-state index contributed by atoms with van der Waals surface area (Å²) >= 11 is 0. The molecule has 0 bridgehead atoms. The first-order valence-corrected chi connectivity index (χ1v) is 13.2. The molecule has 1 aliphatic carbocycles. The van der Waals surface area contributed by atoms with Gasteiger partial charge in [0, 0.05) is 37.9 Å². The summed E-state index contributed by atoms with van der Waals surface area (Å²) in [5.74, 6) is -0.0351. The Morgan fingerprint density at radius 3 is 2.47 bits per heavy atom. The second kappa shape index (κ2) is 10.5. The molecule has 1 aromatic heterocycles. The van der Waals surface area contributed by atoms with Gasteiger partial charge >= 0.3 is 6.09 Å². The van der Waals surface area contributed by atoms with Crippen molar-refractivity contribution in [3.63, 3.8) is 0 Å². The summed E-state index contributed by atoms with van der Waals surface area (Å²) in [5.41, 5.74) is 4.68. The quantitative estimate of drug-likeness (QED) is 0.532. The molecule has 1 unspecified atom stereocenters. The van der Waals surface area contributed by atoms with Gasteiger partial charge in [0.05, 0.1) is 0 Å². The van der Waals surface area contributed by atoms with Crippen LogP contribution in [0, 0.1) is 5.41 Å². The lowest BCUT2D eigenvalue weighted by atomic mass is 9.68. The summed E-state index contributed by atoms with van der Waals surface area (Å²) in [4.78, 5) is 33.7. The molecule has 2 aliphatic rings. The highest BCUT2D eigenvalue weighted by atomic mass is 16.6. The molecule has 1 saturated heterocycles. The third-order valence-corrected chi connectivity index (χ3v) is 7.28. The van der Waals surface area contributed by atoms with E-state index in [0.717, 1.165) is 36.8 Å². The highest BCUT2D eigenvalue weighted by Crippen LogP contribution is 2.45. The van der Waals surface area contributed by atoms with Crippen LogP contribution in [0.4, 0.5) is 4.79 Å². The highest BCUT2D eigenvalue weighted by molar-refractivity contribution is 5.93. The second-order valence-electron chi connectivity index (χ2n) is 11.0. The van der Waals surface area contributed by atoms with E-state index in [9.17, 15) is 9.59 Å². The van der Waals surface area contributed by atoms with Crippen molar-refractivity contribution >= 4 is 17.6 Å². The second-order valence-corrected chi connectivity index (χ2v) is 11.0. The highest BCUT2D eigenvalue weighted by Gasteiger charge is 2.37. The van der Waals surface area contributed by atoms with Gasteiger partial charge in [-0.3, -0.25) is 9.78 Å². The van der Waals surface area contributed by atoms with Crippen LogP contribution in [0.1, 0.15) is 81.1 Å². The van der Waals surface area contributed by atoms with E-state index in [1.165, 1.54) is 11.1 Å². The third kappa shape index (κ3) is 5.63. The van der Waals surface area contributed by atoms with Gasteiger partial charge in [0.2, 0.25) is 0 Å². The van der Waals surface area contributed by atoms with Crippen LogP contribution in [0.25, 0.3) is 5.57 Å². The molecule has 192 valence electrons. The van der Waals surface area contributed by atoms with Gasteiger partial charge in [0.15, 0.2) is 0 Å². The molecule has 6 heteroatoms. The van der Waals surface area contributed by atoms with Gasteiger partial charge in [-0.25, -0.2) is 4.79 Å². The first-order chi connectivity index (χ1) is 17.1. The molecule has 2 heterocycles. The van der Waals surface area contributed by atoms with Crippen molar-refractivity contribution in [2.45, 2.75) is 65.9 Å². The predicted molar refractivity (Wildman–Crippen MR) is 143 cm³/mol. The summed E-state index contributed by atoms with van der Waals surface area (Å²) in [7, 11) is 0. The van der Waals surface area contributed by atoms with Gasteiger partial charge in [-0.1, -0.05) is 36.4 Å². The van der Waals surface area contributed by atoms with Crippen LogP contribution in [0.3, 0.4) is 0 Å². The molecule has 0 radical (unpaired) electrons. The standard InChI is InChI=1S/C30H39N3O3/c1-6-32(7-2)27(34)26-14-13-23(21-31-26)25-20-30(19-22-11-8-9-12-24(22)25)15-10-17-33(18-16-30)28(35)36-29(3,4)5/h8-9,11-14,20-21H,6-7,10,15-19H2,1-5H3. The monoisotopic (exact) mass is 489 g/mol. The lowest BCUT2D eigenvalue weighted by Gasteiger charge is -2.36. The zero-order valence-electron chi connectivity index (χ0n) is 22.3. The molecule has 1 aromatic carbocycles. The van der Waals surface area contributed by atoms with Gasteiger partial charge < -0.3 is 14.5 Å².